The van der Waals surface area contributed by atoms with E-state index in [0.717, 1.165) is 30.8 Å². The van der Waals surface area contributed by atoms with Crippen molar-refractivity contribution in [2.24, 2.45) is 5.73 Å². The normalized spacial score (nSPS) is 12.7. The molecule has 1 aromatic carbocycles. The summed E-state index contributed by atoms with van der Waals surface area (Å²) in [5.74, 6) is 0. The summed E-state index contributed by atoms with van der Waals surface area (Å²) in [6.45, 7) is 2.98. The number of fused-ring (bicyclic) bond motifs is 1. The van der Waals surface area contributed by atoms with Crippen molar-refractivity contribution in [2.45, 2.75) is 32.4 Å². The number of aromatic nitrogens is 3. The third-order valence-electron chi connectivity index (χ3n) is 3.69. The molecule has 0 bridgehead atoms. The monoisotopic (exact) mass is 280 g/mol. The molecule has 0 saturated heterocycles. The molecule has 2 heterocycles. The van der Waals surface area contributed by atoms with Crippen LogP contribution in [-0.4, -0.2) is 20.8 Å². The van der Waals surface area contributed by atoms with E-state index in [9.17, 15) is 0 Å². The maximum atomic E-state index is 6.29. The summed E-state index contributed by atoms with van der Waals surface area (Å²) >= 11 is 0. The van der Waals surface area contributed by atoms with Crippen LogP contribution in [-0.2, 0) is 19.4 Å². The van der Waals surface area contributed by atoms with Gasteiger partial charge in [0.2, 0.25) is 0 Å². The number of para-hydroxylation sites is 1. The van der Waals surface area contributed by atoms with Crippen molar-refractivity contribution in [2.75, 3.05) is 0 Å². The highest BCUT2D eigenvalue weighted by Gasteiger charge is 2.13. The van der Waals surface area contributed by atoms with E-state index < -0.39 is 0 Å². The molecule has 2 N–H and O–H groups in total. The van der Waals surface area contributed by atoms with Crippen molar-refractivity contribution in [1.29, 1.82) is 0 Å². The van der Waals surface area contributed by atoms with Gasteiger partial charge in [-0.05, 0) is 25.1 Å². The van der Waals surface area contributed by atoms with Gasteiger partial charge in [0.25, 0.3) is 0 Å². The van der Waals surface area contributed by atoms with Crippen molar-refractivity contribution in [3.63, 3.8) is 0 Å². The second-order valence-corrected chi connectivity index (χ2v) is 5.27. The molecular formula is C17H20N4. The van der Waals surface area contributed by atoms with Gasteiger partial charge in [-0.3, -0.25) is 9.67 Å². The Bertz CT molecular complexity index is 718. The molecule has 3 aromatic rings. The first kappa shape index (κ1) is 13.8. The minimum Gasteiger partial charge on any atom is -0.327 e. The molecule has 0 aliphatic heterocycles. The summed E-state index contributed by atoms with van der Waals surface area (Å²) in [5.41, 5.74) is 9.58. The summed E-state index contributed by atoms with van der Waals surface area (Å²) < 4.78 is 2.04. The number of hydrogen-bond donors (Lipinski definition) is 1. The Hall–Kier alpha value is -2.20. The summed E-state index contributed by atoms with van der Waals surface area (Å²) in [6.07, 6.45) is 3.35. The molecule has 0 aliphatic carbocycles. The highest BCUT2D eigenvalue weighted by Crippen LogP contribution is 2.19. The third kappa shape index (κ3) is 2.95. The van der Waals surface area contributed by atoms with E-state index in [0.29, 0.717) is 0 Å². The maximum absolute atomic E-state index is 6.29. The molecule has 2 aromatic heterocycles. The fourth-order valence-corrected chi connectivity index (χ4v) is 2.70. The van der Waals surface area contributed by atoms with Crippen molar-refractivity contribution in [3.05, 3.63) is 60.0 Å². The molecule has 0 aliphatic rings. The van der Waals surface area contributed by atoms with E-state index in [2.05, 4.69) is 30.1 Å². The molecule has 21 heavy (non-hydrogen) atoms. The predicted molar refractivity (Wildman–Crippen MR) is 85.0 cm³/mol. The van der Waals surface area contributed by atoms with Gasteiger partial charge in [0, 0.05) is 42.7 Å². The molecular weight excluding hydrogens is 260 g/mol. The zero-order valence-corrected chi connectivity index (χ0v) is 12.2. The molecule has 0 fully saturated rings. The second-order valence-electron chi connectivity index (χ2n) is 5.27. The topological polar surface area (TPSA) is 56.7 Å². The molecule has 1 atom stereocenters. The number of aryl methyl sites for hydroxylation is 1. The maximum Gasteiger partial charge on any atom is 0.0718 e. The van der Waals surface area contributed by atoms with E-state index in [1.807, 2.05) is 35.1 Å². The lowest BCUT2D eigenvalue weighted by atomic mass is 10.0. The molecule has 0 radical (unpaired) electrons. The number of nitrogens with zero attached hydrogens (tertiary/aromatic N) is 3. The van der Waals surface area contributed by atoms with Gasteiger partial charge in [-0.2, -0.15) is 5.10 Å². The van der Waals surface area contributed by atoms with Crippen LogP contribution in [0.4, 0.5) is 0 Å². The van der Waals surface area contributed by atoms with E-state index in [1.165, 1.54) is 10.9 Å². The lowest BCUT2D eigenvalue weighted by Gasteiger charge is -2.09. The minimum absolute atomic E-state index is 0.0310. The Kier molecular flexibility index (Phi) is 3.97. The number of hydrogen-bond acceptors (Lipinski definition) is 3. The van der Waals surface area contributed by atoms with Gasteiger partial charge in [0.05, 0.1) is 11.2 Å². The second kappa shape index (κ2) is 6.06. The van der Waals surface area contributed by atoms with Gasteiger partial charge in [-0.1, -0.05) is 24.3 Å². The lowest BCUT2D eigenvalue weighted by Crippen LogP contribution is -2.26. The number of benzene rings is 1. The quantitative estimate of drug-likeness (QED) is 0.781. The van der Waals surface area contributed by atoms with Crippen LogP contribution >= 0.6 is 0 Å². The minimum atomic E-state index is 0.0310. The number of rotatable bonds is 5. The van der Waals surface area contributed by atoms with Gasteiger partial charge in [-0.25, -0.2) is 0 Å². The summed E-state index contributed by atoms with van der Waals surface area (Å²) in [7, 11) is 0. The Morgan fingerprint density at radius 2 is 1.90 bits per heavy atom. The summed E-state index contributed by atoms with van der Waals surface area (Å²) in [5, 5.41) is 5.91. The first-order chi connectivity index (χ1) is 10.3. The predicted octanol–water partition coefficient (Wildman–Crippen LogP) is 2.56. The molecule has 0 saturated carbocycles. The highest BCUT2D eigenvalue weighted by molar-refractivity contribution is 5.82. The van der Waals surface area contributed by atoms with Crippen LogP contribution in [0, 0.1) is 0 Å². The van der Waals surface area contributed by atoms with Crippen molar-refractivity contribution < 1.29 is 0 Å². The molecule has 0 amide bonds. The Labute approximate surface area is 124 Å². The van der Waals surface area contributed by atoms with Crippen LogP contribution in [0.25, 0.3) is 10.9 Å². The van der Waals surface area contributed by atoms with Crippen LogP contribution in [0.1, 0.15) is 18.3 Å². The fourth-order valence-electron chi connectivity index (χ4n) is 2.70. The fraction of sp³-hybridized carbons (Fsp3) is 0.294. The first-order valence-electron chi connectivity index (χ1n) is 7.38. The molecule has 4 nitrogen and oxygen atoms in total. The van der Waals surface area contributed by atoms with Crippen molar-refractivity contribution >= 4 is 10.9 Å². The highest BCUT2D eigenvalue weighted by atomic mass is 15.3. The van der Waals surface area contributed by atoms with Crippen LogP contribution in [0.15, 0.2) is 48.7 Å². The number of pyridine rings is 1. The van der Waals surface area contributed by atoms with E-state index in [4.69, 9.17) is 10.8 Å². The lowest BCUT2D eigenvalue weighted by molar-refractivity contribution is 0.617. The largest absolute Gasteiger partial charge is 0.327 e. The average Bonchev–Trinajstić information content (AvgIpc) is 2.86. The van der Waals surface area contributed by atoms with E-state index in [1.54, 1.807) is 0 Å². The Morgan fingerprint density at radius 1 is 1.10 bits per heavy atom. The standard InChI is InChI=1S/C17H20N4/c1-2-21-17-9-4-3-8-15(17)16(20-21)12-13(18)11-14-7-5-6-10-19-14/h3-10,13H,2,11-12,18H2,1H3. The summed E-state index contributed by atoms with van der Waals surface area (Å²) in [4.78, 5) is 4.34. The van der Waals surface area contributed by atoms with Gasteiger partial charge in [0.15, 0.2) is 0 Å². The summed E-state index contributed by atoms with van der Waals surface area (Å²) in [6, 6.07) is 14.3. The van der Waals surface area contributed by atoms with E-state index in [-0.39, 0.29) is 6.04 Å². The SMILES string of the molecule is CCn1nc(CC(N)Cc2ccccn2)c2ccccc21. The molecule has 0 spiro atoms. The van der Waals surface area contributed by atoms with Crippen LogP contribution in [0.5, 0.6) is 0 Å². The molecule has 4 heteroatoms. The smallest absolute Gasteiger partial charge is 0.0718 e. The van der Waals surface area contributed by atoms with Crippen LogP contribution in [0.3, 0.4) is 0 Å². The van der Waals surface area contributed by atoms with Gasteiger partial charge < -0.3 is 5.73 Å². The van der Waals surface area contributed by atoms with E-state index >= 15 is 0 Å². The van der Waals surface area contributed by atoms with Gasteiger partial charge in [0.1, 0.15) is 0 Å². The Morgan fingerprint density at radius 3 is 2.67 bits per heavy atom. The molecule has 3 rings (SSSR count). The number of nitrogens with two attached hydrogens (primary N) is 1. The zero-order valence-electron chi connectivity index (χ0n) is 12.2. The Balaban J connectivity index is 1.81. The van der Waals surface area contributed by atoms with Gasteiger partial charge >= 0.3 is 0 Å². The van der Waals surface area contributed by atoms with Crippen LogP contribution in [0.2, 0.25) is 0 Å². The van der Waals surface area contributed by atoms with Crippen molar-refractivity contribution in [3.8, 4) is 0 Å². The third-order valence-corrected chi connectivity index (χ3v) is 3.69. The van der Waals surface area contributed by atoms with Crippen molar-refractivity contribution in [1.82, 2.24) is 14.8 Å². The molecule has 108 valence electrons. The van der Waals surface area contributed by atoms with Crippen LogP contribution < -0.4 is 5.73 Å². The molecule has 1 unspecified atom stereocenters. The zero-order chi connectivity index (χ0) is 14.7. The first-order valence-corrected chi connectivity index (χ1v) is 7.38. The van der Waals surface area contributed by atoms with Gasteiger partial charge in [-0.15, -0.1) is 0 Å². The average molecular weight is 280 g/mol.